The molecular formula is C12H15BrS. The molecule has 14 heavy (non-hydrogen) atoms. The summed E-state index contributed by atoms with van der Waals surface area (Å²) < 4.78 is 1.32. The summed E-state index contributed by atoms with van der Waals surface area (Å²) in [4.78, 5) is 1.55. The van der Waals surface area contributed by atoms with Crippen LogP contribution in [0.15, 0.2) is 9.37 Å². The number of fused-ring (bicyclic) bond motifs is 1. The van der Waals surface area contributed by atoms with Gasteiger partial charge in [0.1, 0.15) is 0 Å². The predicted molar refractivity (Wildman–Crippen MR) is 67.4 cm³/mol. The molecule has 1 heterocycles. The number of hydrogen-bond acceptors (Lipinski definition) is 1. The zero-order valence-electron chi connectivity index (χ0n) is 8.91. The quantitative estimate of drug-likeness (QED) is 0.673. The maximum absolute atomic E-state index is 3.70. The van der Waals surface area contributed by atoms with Crippen LogP contribution in [-0.2, 0) is 6.42 Å². The third kappa shape index (κ3) is 1.53. The van der Waals surface area contributed by atoms with Crippen LogP contribution in [0.3, 0.4) is 0 Å². The first-order valence-electron chi connectivity index (χ1n) is 5.04. The smallest absolute Gasteiger partial charge is 0.0239 e. The van der Waals surface area contributed by atoms with Gasteiger partial charge in [-0.05, 0) is 61.6 Å². The fourth-order valence-electron chi connectivity index (χ4n) is 2.06. The van der Waals surface area contributed by atoms with Gasteiger partial charge in [0, 0.05) is 9.37 Å². The molecule has 0 radical (unpaired) electrons. The number of halogens is 1. The van der Waals surface area contributed by atoms with Crippen LogP contribution in [0, 0.1) is 20.8 Å². The number of rotatable bonds is 0. The molecule has 0 saturated heterocycles. The summed E-state index contributed by atoms with van der Waals surface area (Å²) >= 11 is 5.73. The van der Waals surface area contributed by atoms with E-state index in [2.05, 4.69) is 36.7 Å². The molecule has 76 valence electrons. The molecule has 2 heteroatoms. The van der Waals surface area contributed by atoms with E-state index in [9.17, 15) is 0 Å². The summed E-state index contributed by atoms with van der Waals surface area (Å²) in [6.07, 6.45) is 2.58. The summed E-state index contributed by atoms with van der Waals surface area (Å²) in [6.45, 7) is 6.69. The summed E-state index contributed by atoms with van der Waals surface area (Å²) in [5.74, 6) is 1.29. The second-order valence-electron chi connectivity index (χ2n) is 3.95. The van der Waals surface area contributed by atoms with Crippen molar-refractivity contribution in [3.63, 3.8) is 0 Å². The number of benzene rings is 1. The van der Waals surface area contributed by atoms with Crippen molar-refractivity contribution in [3.8, 4) is 0 Å². The third-order valence-electron chi connectivity index (χ3n) is 3.11. The van der Waals surface area contributed by atoms with Gasteiger partial charge in [-0.3, -0.25) is 0 Å². The summed E-state index contributed by atoms with van der Waals surface area (Å²) in [5, 5.41) is 0. The van der Waals surface area contributed by atoms with Gasteiger partial charge >= 0.3 is 0 Å². The number of thioether (sulfide) groups is 1. The van der Waals surface area contributed by atoms with E-state index in [0.717, 1.165) is 0 Å². The zero-order valence-corrected chi connectivity index (χ0v) is 11.3. The van der Waals surface area contributed by atoms with Crippen LogP contribution in [0.1, 0.15) is 28.7 Å². The minimum atomic E-state index is 1.26. The summed E-state index contributed by atoms with van der Waals surface area (Å²) in [5.41, 5.74) is 5.92. The molecule has 0 fully saturated rings. The molecule has 0 nitrogen and oxygen atoms in total. The molecule has 1 aromatic carbocycles. The first-order valence-corrected chi connectivity index (χ1v) is 6.81. The highest BCUT2D eigenvalue weighted by Gasteiger charge is 2.18. The average Bonchev–Trinajstić information content (AvgIpc) is 2.23. The van der Waals surface area contributed by atoms with Gasteiger partial charge in [-0.25, -0.2) is 0 Å². The Morgan fingerprint density at radius 3 is 2.50 bits per heavy atom. The molecule has 0 bridgehead atoms. The van der Waals surface area contributed by atoms with Crippen LogP contribution < -0.4 is 0 Å². The molecule has 1 aromatic rings. The molecule has 1 aliphatic rings. The third-order valence-corrected chi connectivity index (χ3v) is 5.63. The first kappa shape index (κ1) is 10.6. The van der Waals surface area contributed by atoms with Crippen molar-refractivity contribution < 1.29 is 0 Å². The van der Waals surface area contributed by atoms with Crippen LogP contribution in [0.2, 0.25) is 0 Å². The van der Waals surface area contributed by atoms with Crippen molar-refractivity contribution in [2.75, 3.05) is 5.75 Å². The van der Waals surface area contributed by atoms with E-state index < -0.39 is 0 Å². The van der Waals surface area contributed by atoms with E-state index in [-0.39, 0.29) is 0 Å². The highest BCUT2D eigenvalue weighted by molar-refractivity contribution is 9.10. The van der Waals surface area contributed by atoms with Crippen molar-refractivity contribution in [1.29, 1.82) is 0 Å². The lowest BCUT2D eigenvalue weighted by Gasteiger charge is -2.23. The van der Waals surface area contributed by atoms with Crippen LogP contribution in [0.25, 0.3) is 0 Å². The zero-order chi connectivity index (χ0) is 10.3. The molecule has 0 amide bonds. The monoisotopic (exact) mass is 270 g/mol. The maximum atomic E-state index is 3.70. The van der Waals surface area contributed by atoms with Crippen LogP contribution in [-0.4, -0.2) is 5.75 Å². The van der Waals surface area contributed by atoms with Crippen molar-refractivity contribution in [2.24, 2.45) is 0 Å². The minimum Gasteiger partial charge on any atom is -0.126 e. The van der Waals surface area contributed by atoms with E-state index in [1.807, 2.05) is 11.8 Å². The fraction of sp³-hybridized carbons (Fsp3) is 0.500. The lowest BCUT2D eigenvalue weighted by molar-refractivity contribution is 0.866. The fourth-order valence-corrected chi connectivity index (χ4v) is 3.89. The van der Waals surface area contributed by atoms with Crippen molar-refractivity contribution in [3.05, 3.63) is 26.7 Å². The lowest BCUT2D eigenvalue weighted by atomic mass is 9.97. The van der Waals surface area contributed by atoms with Gasteiger partial charge in [-0.15, -0.1) is 11.8 Å². The van der Waals surface area contributed by atoms with Gasteiger partial charge in [0.05, 0.1) is 0 Å². The Kier molecular flexibility index (Phi) is 2.94. The standard InChI is InChI=1S/C12H15BrS/c1-7-8(2)12-10(5-4-6-14-12)9(3)11(7)13/h4-6H2,1-3H3. The highest BCUT2D eigenvalue weighted by Crippen LogP contribution is 2.40. The molecule has 0 atom stereocenters. The Morgan fingerprint density at radius 2 is 1.79 bits per heavy atom. The Bertz CT molecular complexity index is 346. The second kappa shape index (κ2) is 3.90. The van der Waals surface area contributed by atoms with Gasteiger partial charge < -0.3 is 0 Å². The van der Waals surface area contributed by atoms with Crippen molar-refractivity contribution >= 4 is 27.7 Å². The van der Waals surface area contributed by atoms with E-state index in [0.29, 0.717) is 0 Å². The molecule has 2 rings (SSSR count). The largest absolute Gasteiger partial charge is 0.126 e. The van der Waals surface area contributed by atoms with Crippen LogP contribution in [0.4, 0.5) is 0 Å². The van der Waals surface area contributed by atoms with Gasteiger partial charge in [0.2, 0.25) is 0 Å². The molecule has 0 unspecified atom stereocenters. The maximum Gasteiger partial charge on any atom is 0.0239 e. The minimum absolute atomic E-state index is 1.26. The molecule has 1 aliphatic heterocycles. The normalized spacial score (nSPS) is 15.4. The molecule has 0 aromatic heterocycles. The Labute approximate surface area is 98.6 Å². The van der Waals surface area contributed by atoms with Gasteiger partial charge in [-0.2, -0.15) is 0 Å². The lowest BCUT2D eigenvalue weighted by Crippen LogP contribution is -2.05. The van der Waals surface area contributed by atoms with E-state index in [4.69, 9.17) is 0 Å². The van der Waals surface area contributed by atoms with E-state index in [1.54, 1.807) is 10.5 Å². The van der Waals surface area contributed by atoms with Gasteiger partial charge in [0.15, 0.2) is 0 Å². The summed E-state index contributed by atoms with van der Waals surface area (Å²) in [6, 6.07) is 0. The molecule has 0 saturated carbocycles. The second-order valence-corrected chi connectivity index (χ2v) is 5.85. The highest BCUT2D eigenvalue weighted by atomic mass is 79.9. The average molecular weight is 271 g/mol. The Balaban J connectivity index is 2.71. The van der Waals surface area contributed by atoms with Crippen molar-refractivity contribution in [2.45, 2.75) is 38.5 Å². The van der Waals surface area contributed by atoms with Gasteiger partial charge in [0.25, 0.3) is 0 Å². The molecular weight excluding hydrogens is 256 g/mol. The van der Waals surface area contributed by atoms with Gasteiger partial charge in [-0.1, -0.05) is 15.9 Å². The Morgan fingerprint density at radius 1 is 1.07 bits per heavy atom. The summed E-state index contributed by atoms with van der Waals surface area (Å²) in [7, 11) is 0. The Hall–Kier alpha value is 0.0500. The van der Waals surface area contributed by atoms with E-state index in [1.165, 1.54) is 39.8 Å². The first-order chi connectivity index (χ1) is 6.63. The van der Waals surface area contributed by atoms with Crippen LogP contribution >= 0.6 is 27.7 Å². The molecule has 0 spiro atoms. The topological polar surface area (TPSA) is 0 Å². The number of hydrogen-bond donors (Lipinski definition) is 0. The van der Waals surface area contributed by atoms with Crippen LogP contribution in [0.5, 0.6) is 0 Å². The molecule has 0 aliphatic carbocycles. The predicted octanol–water partition coefficient (Wildman–Crippen LogP) is 4.41. The van der Waals surface area contributed by atoms with Crippen molar-refractivity contribution in [1.82, 2.24) is 0 Å². The van der Waals surface area contributed by atoms with E-state index >= 15 is 0 Å². The SMILES string of the molecule is Cc1c(C)c2c(c(C)c1Br)CCCS2. The molecule has 0 N–H and O–H groups in total.